The Labute approximate surface area is 337 Å². The van der Waals surface area contributed by atoms with E-state index in [9.17, 15) is 28.8 Å². The second kappa shape index (κ2) is 33.8. The molecule has 0 aliphatic rings. The molecule has 0 saturated heterocycles. The molecule has 0 aliphatic carbocycles. The third-order valence-electron chi connectivity index (χ3n) is 9.88. The summed E-state index contributed by atoms with van der Waals surface area (Å²) in [6.45, 7) is 8.83. The highest BCUT2D eigenvalue weighted by atomic mass is 16.2. The van der Waals surface area contributed by atoms with Crippen molar-refractivity contribution >= 4 is 35.4 Å². The van der Waals surface area contributed by atoms with Crippen LogP contribution >= 0.6 is 0 Å². The van der Waals surface area contributed by atoms with Gasteiger partial charge in [0.05, 0.1) is 0 Å². The lowest BCUT2D eigenvalue weighted by atomic mass is 10.0. The first-order valence-electron chi connectivity index (χ1n) is 21.7. The summed E-state index contributed by atoms with van der Waals surface area (Å²) in [6, 6.07) is -4.81. The van der Waals surface area contributed by atoms with Gasteiger partial charge in [-0.3, -0.25) is 28.8 Å². The van der Waals surface area contributed by atoms with E-state index >= 15 is 0 Å². The molecule has 15 heteroatoms. The molecule has 15 nitrogen and oxygen atoms in total. The Morgan fingerprint density at radius 1 is 0.446 bits per heavy atom. The summed E-state index contributed by atoms with van der Waals surface area (Å²) in [5.74, 6) is -3.10. The van der Waals surface area contributed by atoms with Crippen molar-refractivity contribution in [3.8, 4) is 0 Å². The highest BCUT2D eigenvalue weighted by molar-refractivity contribution is 5.96. The van der Waals surface area contributed by atoms with Crippen LogP contribution in [0.5, 0.6) is 0 Å². The molecule has 326 valence electrons. The quantitative estimate of drug-likeness (QED) is 0.0422. The van der Waals surface area contributed by atoms with E-state index in [-0.39, 0.29) is 24.7 Å². The summed E-state index contributed by atoms with van der Waals surface area (Å²) in [6.07, 6.45) is 18.2. The van der Waals surface area contributed by atoms with Crippen molar-refractivity contribution in [3.05, 3.63) is 0 Å². The van der Waals surface area contributed by atoms with Gasteiger partial charge >= 0.3 is 0 Å². The van der Waals surface area contributed by atoms with Gasteiger partial charge in [0.2, 0.25) is 35.4 Å². The fraction of sp³-hybridized carbons (Fsp3) is 0.854. The van der Waals surface area contributed by atoms with E-state index in [2.05, 4.69) is 33.5 Å². The molecule has 6 amide bonds. The molecular formula is C41H81N9O6. The van der Waals surface area contributed by atoms with Gasteiger partial charge < -0.3 is 49.5 Å². The molecule has 0 rings (SSSR count). The van der Waals surface area contributed by atoms with Crippen LogP contribution < -0.4 is 49.5 Å². The lowest BCUT2D eigenvalue weighted by molar-refractivity contribution is -0.135. The molecule has 0 heterocycles. The van der Waals surface area contributed by atoms with E-state index in [0.717, 1.165) is 25.7 Å². The van der Waals surface area contributed by atoms with E-state index < -0.39 is 59.7 Å². The summed E-state index contributed by atoms with van der Waals surface area (Å²) in [4.78, 5) is 78.7. The predicted octanol–water partition coefficient (Wildman–Crippen LogP) is 3.05. The van der Waals surface area contributed by atoms with Crippen molar-refractivity contribution in [3.63, 3.8) is 0 Å². The van der Waals surface area contributed by atoms with Gasteiger partial charge in [-0.1, -0.05) is 85.0 Å². The minimum atomic E-state index is -1.07. The number of primary amides is 1. The Morgan fingerprint density at radius 3 is 1.29 bits per heavy atom. The van der Waals surface area contributed by atoms with Crippen LogP contribution in [0.3, 0.4) is 0 Å². The van der Waals surface area contributed by atoms with Crippen molar-refractivity contribution in [1.82, 2.24) is 26.6 Å². The number of hydrogen-bond acceptors (Lipinski definition) is 9. The topological polar surface area (TPSA) is 267 Å². The first kappa shape index (κ1) is 52.7. The van der Waals surface area contributed by atoms with Crippen LogP contribution in [0, 0.1) is 5.92 Å². The predicted molar refractivity (Wildman–Crippen MR) is 224 cm³/mol. The molecule has 0 unspecified atom stereocenters. The number of carbonyl (C=O) groups excluding carboxylic acids is 6. The van der Waals surface area contributed by atoms with Crippen molar-refractivity contribution in [2.45, 2.75) is 199 Å². The average molecular weight is 796 g/mol. The van der Waals surface area contributed by atoms with Crippen LogP contribution in [0.15, 0.2) is 0 Å². The Kier molecular flexibility index (Phi) is 31.8. The molecule has 13 N–H and O–H groups in total. The lowest BCUT2D eigenvalue weighted by Crippen LogP contribution is -2.58. The summed E-state index contributed by atoms with van der Waals surface area (Å²) >= 11 is 0. The molecule has 0 aromatic carbocycles. The van der Waals surface area contributed by atoms with Crippen molar-refractivity contribution < 1.29 is 28.8 Å². The zero-order valence-corrected chi connectivity index (χ0v) is 35.4. The molecule has 0 spiro atoms. The number of amides is 6. The van der Waals surface area contributed by atoms with E-state index in [4.69, 9.17) is 22.9 Å². The number of hydrogen-bond donors (Lipinski definition) is 9. The Bertz CT molecular complexity index is 1110. The van der Waals surface area contributed by atoms with Gasteiger partial charge in [-0.2, -0.15) is 0 Å². The Balaban J connectivity index is 5.42. The van der Waals surface area contributed by atoms with Crippen molar-refractivity contribution in [2.24, 2.45) is 28.9 Å². The second-order valence-electron chi connectivity index (χ2n) is 15.7. The van der Waals surface area contributed by atoms with Crippen LogP contribution in [0.2, 0.25) is 0 Å². The van der Waals surface area contributed by atoms with Crippen LogP contribution in [-0.4, -0.2) is 85.3 Å². The fourth-order valence-corrected chi connectivity index (χ4v) is 6.44. The van der Waals surface area contributed by atoms with Crippen LogP contribution in [0.25, 0.3) is 0 Å². The first-order valence-corrected chi connectivity index (χ1v) is 21.7. The van der Waals surface area contributed by atoms with Gasteiger partial charge in [-0.15, -0.1) is 0 Å². The molecule has 0 aromatic rings. The molecule has 56 heavy (non-hydrogen) atoms. The number of rotatable bonds is 36. The summed E-state index contributed by atoms with van der Waals surface area (Å²) in [5, 5.41) is 13.7. The molecule has 0 radical (unpaired) electrons. The van der Waals surface area contributed by atoms with Gasteiger partial charge in [0.25, 0.3) is 0 Å². The SMILES string of the molecule is CCCCCCCCCCCCCC(=O)N[C@@H](CCCCN)C(=O)N[C@@H](CC(C)C)C(=O)N[C@@H](C)C(=O)N[C@@H](CCCCN)C(=O)N[C@@H](CCCCN)C(N)=O. The van der Waals surface area contributed by atoms with Crippen LogP contribution in [0.1, 0.15) is 169 Å². The molecular weight excluding hydrogens is 715 g/mol. The smallest absolute Gasteiger partial charge is 0.243 e. The molecule has 0 bridgehead atoms. The molecule has 0 fully saturated rings. The number of carbonyl (C=O) groups is 6. The van der Waals surface area contributed by atoms with Crippen LogP contribution in [-0.2, 0) is 28.8 Å². The van der Waals surface area contributed by atoms with Gasteiger partial charge in [-0.05, 0) is 103 Å². The van der Waals surface area contributed by atoms with Gasteiger partial charge in [0, 0.05) is 6.42 Å². The zero-order chi connectivity index (χ0) is 42.1. The zero-order valence-electron chi connectivity index (χ0n) is 35.4. The summed E-state index contributed by atoms with van der Waals surface area (Å²) in [5.41, 5.74) is 22.4. The maximum absolute atomic E-state index is 13.6. The Morgan fingerprint density at radius 2 is 0.839 bits per heavy atom. The minimum Gasteiger partial charge on any atom is -0.368 e. The number of unbranched alkanes of at least 4 members (excludes halogenated alkanes) is 13. The second-order valence-corrected chi connectivity index (χ2v) is 15.7. The molecule has 0 aromatic heterocycles. The third-order valence-corrected chi connectivity index (χ3v) is 9.88. The minimum absolute atomic E-state index is 0.0141. The summed E-state index contributed by atoms with van der Waals surface area (Å²) in [7, 11) is 0. The number of nitrogens with one attached hydrogen (secondary N) is 5. The maximum atomic E-state index is 13.6. The normalized spacial score (nSPS) is 13.9. The monoisotopic (exact) mass is 796 g/mol. The Hall–Kier alpha value is -3.30. The molecule has 5 atom stereocenters. The van der Waals surface area contributed by atoms with Gasteiger partial charge in [0.1, 0.15) is 30.2 Å². The number of nitrogens with two attached hydrogens (primary N) is 4. The summed E-state index contributed by atoms with van der Waals surface area (Å²) < 4.78 is 0. The first-order chi connectivity index (χ1) is 26.8. The van der Waals surface area contributed by atoms with Crippen molar-refractivity contribution in [1.29, 1.82) is 0 Å². The van der Waals surface area contributed by atoms with E-state index in [1.54, 1.807) is 0 Å². The van der Waals surface area contributed by atoms with E-state index in [1.165, 1.54) is 51.9 Å². The van der Waals surface area contributed by atoms with Crippen LogP contribution in [0.4, 0.5) is 0 Å². The standard InChI is InChI=1S/C41H81N9O6/c1-5-6-7-8-9-10-11-12-13-14-15-25-36(51)47-33(23-17-20-27-43)39(54)50-35(29-30(2)3)41(56)46-31(4)38(53)49-34(24-18-21-28-44)40(55)48-32(37(45)52)22-16-19-26-42/h30-35H,5-29,42-44H2,1-4H3,(H2,45,52)(H,46,56)(H,47,51)(H,48,55)(H,49,53)(H,50,54)/t31-,32-,33-,34-,35-/m0/s1. The average Bonchev–Trinajstić information content (AvgIpc) is 3.15. The van der Waals surface area contributed by atoms with E-state index in [0.29, 0.717) is 77.4 Å². The van der Waals surface area contributed by atoms with E-state index in [1.807, 2.05) is 13.8 Å². The van der Waals surface area contributed by atoms with Gasteiger partial charge in [0.15, 0.2) is 0 Å². The molecule has 0 aliphatic heterocycles. The largest absolute Gasteiger partial charge is 0.368 e. The lowest BCUT2D eigenvalue weighted by Gasteiger charge is -2.26. The molecule has 0 saturated carbocycles. The maximum Gasteiger partial charge on any atom is 0.243 e. The fourth-order valence-electron chi connectivity index (χ4n) is 6.44. The highest BCUT2D eigenvalue weighted by Gasteiger charge is 2.31. The highest BCUT2D eigenvalue weighted by Crippen LogP contribution is 2.13. The van der Waals surface area contributed by atoms with Gasteiger partial charge in [-0.25, -0.2) is 0 Å². The third kappa shape index (κ3) is 26.5. The van der Waals surface area contributed by atoms with Crippen molar-refractivity contribution in [2.75, 3.05) is 19.6 Å².